The zero-order valence-corrected chi connectivity index (χ0v) is 22.1. The first-order valence-electron chi connectivity index (χ1n) is 12.1. The van der Waals surface area contributed by atoms with Gasteiger partial charge in [-0.2, -0.15) is 0 Å². The molecule has 7 nitrogen and oxygen atoms in total. The predicted octanol–water partition coefficient (Wildman–Crippen LogP) is 5.36. The molecule has 3 aromatic rings. The predicted molar refractivity (Wildman–Crippen MR) is 143 cm³/mol. The molecule has 0 radical (unpaired) electrons. The first kappa shape index (κ1) is 24.8. The van der Waals surface area contributed by atoms with Crippen molar-refractivity contribution in [3.63, 3.8) is 0 Å². The zero-order valence-electron chi connectivity index (χ0n) is 20.6. The van der Waals surface area contributed by atoms with Crippen molar-refractivity contribution in [1.82, 2.24) is 20.2 Å². The molecule has 1 atom stereocenters. The SMILES string of the molecule is Cc1cc(-c2cnc(N)c(O[C@H](C)c3c(Cl)ccc(C(=O)NC4CC4)c3Cl)n2)cc2c1CCN(C)C2. The summed E-state index contributed by atoms with van der Waals surface area (Å²) in [5, 5.41) is 3.61. The van der Waals surface area contributed by atoms with E-state index >= 15 is 0 Å². The van der Waals surface area contributed by atoms with Crippen molar-refractivity contribution >= 4 is 34.9 Å². The Hall–Kier alpha value is -2.87. The first-order valence-corrected chi connectivity index (χ1v) is 12.9. The Kier molecular flexibility index (Phi) is 6.81. The number of rotatable bonds is 6. The Morgan fingerprint density at radius 3 is 2.81 bits per heavy atom. The molecule has 1 amide bonds. The second kappa shape index (κ2) is 9.88. The average molecular weight is 526 g/mol. The lowest BCUT2D eigenvalue weighted by Gasteiger charge is -2.27. The number of likely N-dealkylation sites (N-methyl/N-ethyl adjacent to an activating group) is 1. The summed E-state index contributed by atoms with van der Waals surface area (Å²) in [7, 11) is 2.13. The standard InChI is InChI=1S/C27H29Cl2N5O2/c1-14-10-16(11-17-13-34(3)9-8-19(14)17)22-12-31-25(30)27(33-22)36-15(2)23-21(28)7-6-20(24(23)29)26(35)32-18-4-5-18/h6-7,10-12,15,18H,4-5,8-9,13H2,1-3H3,(H2,30,31)(H,32,35)/t15-/m1/s1. The van der Waals surface area contributed by atoms with Crippen molar-refractivity contribution in [2.24, 2.45) is 0 Å². The normalized spacial score (nSPS) is 16.4. The highest BCUT2D eigenvalue weighted by Crippen LogP contribution is 2.37. The van der Waals surface area contributed by atoms with Gasteiger partial charge in [0.15, 0.2) is 5.82 Å². The number of aromatic nitrogens is 2. The molecule has 0 saturated heterocycles. The molecule has 5 rings (SSSR count). The molecule has 188 valence electrons. The molecule has 1 saturated carbocycles. The highest BCUT2D eigenvalue weighted by Gasteiger charge is 2.27. The lowest BCUT2D eigenvalue weighted by Crippen LogP contribution is -2.27. The van der Waals surface area contributed by atoms with Crippen LogP contribution in [0.1, 0.15) is 58.5 Å². The van der Waals surface area contributed by atoms with E-state index in [9.17, 15) is 4.79 Å². The minimum Gasteiger partial charge on any atom is -0.467 e. The maximum Gasteiger partial charge on any atom is 0.258 e. The van der Waals surface area contributed by atoms with E-state index in [4.69, 9.17) is 38.7 Å². The van der Waals surface area contributed by atoms with Crippen LogP contribution < -0.4 is 15.8 Å². The number of benzene rings is 2. The van der Waals surface area contributed by atoms with Crippen molar-refractivity contribution in [2.75, 3.05) is 19.3 Å². The van der Waals surface area contributed by atoms with Crippen LogP contribution in [0.5, 0.6) is 5.88 Å². The number of aryl methyl sites for hydroxylation is 1. The zero-order chi connectivity index (χ0) is 25.6. The molecule has 0 bridgehead atoms. The quantitative estimate of drug-likeness (QED) is 0.449. The number of carbonyl (C=O) groups is 1. The molecule has 2 heterocycles. The Labute approximate surface area is 221 Å². The molecular formula is C27H29Cl2N5O2. The topological polar surface area (TPSA) is 93.4 Å². The van der Waals surface area contributed by atoms with E-state index in [1.165, 1.54) is 16.7 Å². The van der Waals surface area contributed by atoms with Gasteiger partial charge in [-0.05, 0) is 81.1 Å². The van der Waals surface area contributed by atoms with Gasteiger partial charge >= 0.3 is 0 Å². The summed E-state index contributed by atoms with van der Waals surface area (Å²) >= 11 is 13.1. The summed E-state index contributed by atoms with van der Waals surface area (Å²) in [6.07, 6.45) is 4.04. The molecule has 2 aromatic carbocycles. The summed E-state index contributed by atoms with van der Waals surface area (Å²) in [6.45, 7) is 5.88. The number of nitrogen functional groups attached to an aromatic ring is 1. The third-order valence-corrected chi connectivity index (χ3v) is 7.53. The molecule has 1 aromatic heterocycles. The van der Waals surface area contributed by atoms with Crippen molar-refractivity contribution in [3.8, 4) is 17.1 Å². The van der Waals surface area contributed by atoms with Gasteiger partial charge in [-0.3, -0.25) is 4.79 Å². The van der Waals surface area contributed by atoms with Crippen LogP contribution >= 0.6 is 23.2 Å². The highest BCUT2D eigenvalue weighted by atomic mass is 35.5. The fourth-order valence-electron chi connectivity index (χ4n) is 4.65. The van der Waals surface area contributed by atoms with E-state index < -0.39 is 6.10 Å². The lowest BCUT2D eigenvalue weighted by atomic mass is 9.92. The molecule has 0 spiro atoms. The number of nitrogens with two attached hydrogens (primary N) is 1. The van der Waals surface area contributed by atoms with E-state index in [0.29, 0.717) is 21.8 Å². The summed E-state index contributed by atoms with van der Waals surface area (Å²) in [6, 6.07) is 7.80. The molecule has 2 aliphatic rings. The number of nitrogens with zero attached hydrogens (tertiary/aromatic N) is 3. The summed E-state index contributed by atoms with van der Waals surface area (Å²) < 4.78 is 6.14. The Morgan fingerprint density at radius 1 is 1.28 bits per heavy atom. The number of anilines is 1. The van der Waals surface area contributed by atoms with Gasteiger partial charge in [0.1, 0.15) is 6.10 Å². The molecular weight excluding hydrogens is 497 g/mol. The largest absolute Gasteiger partial charge is 0.467 e. The number of hydrogen-bond donors (Lipinski definition) is 2. The first-order chi connectivity index (χ1) is 17.2. The van der Waals surface area contributed by atoms with E-state index in [2.05, 4.69) is 41.3 Å². The maximum absolute atomic E-state index is 12.6. The fourth-order valence-corrected chi connectivity index (χ4v) is 5.41. The molecule has 3 N–H and O–H groups in total. The summed E-state index contributed by atoms with van der Waals surface area (Å²) in [4.78, 5) is 24.0. The Morgan fingerprint density at radius 2 is 2.06 bits per heavy atom. The van der Waals surface area contributed by atoms with Crippen LogP contribution in [0.3, 0.4) is 0 Å². The second-order valence-electron chi connectivity index (χ2n) is 9.69. The minimum atomic E-state index is -0.621. The molecule has 0 unspecified atom stereocenters. The molecule has 1 aliphatic heterocycles. The highest BCUT2D eigenvalue weighted by molar-refractivity contribution is 6.38. The van der Waals surface area contributed by atoms with Crippen LogP contribution in [0, 0.1) is 6.92 Å². The van der Waals surface area contributed by atoms with Crippen LogP contribution in [0.2, 0.25) is 10.0 Å². The van der Waals surface area contributed by atoms with Crippen LogP contribution in [0.4, 0.5) is 5.82 Å². The molecule has 9 heteroatoms. The Bertz CT molecular complexity index is 1340. The monoisotopic (exact) mass is 525 g/mol. The molecule has 1 aliphatic carbocycles. The summed E-state index contributed by atoms with van der Waals surface area (Å²) in [5.41, 5.74) is 12.6. The maximum atomic E-state index is 12.6. The van der Waals surface area contributed by atoms with Crippen molar-refractivity contribution < 1.29 is 9.53 Å². The fraction of sp³-hybridized carbons (Fsp3) is 0.370. The third-order valence-electron chi connectivity index (χ3n) is 6.79. The van der Waals surface area contributed by atoms with E-state index in [1.807, 2.05) is 0 Å². The number of hydrogen-bond acceptors (Lipinski definition) is 6. The lowest BCUT2D eigenvalue weighted by molar-refractivity contribution is 0.0951. The minimum absolute atomic E-state index is 0.162. The van der Waals surface area contributed by atoms with Crippen molar-refractivity contribution in [1.29, 1.82) is 0 Å². The van der Waals surface area contributed by atoms with Gasteiger partial charge in [0.2, 0.25) is 0 Å². The van der Waals surface area contributed by atoms with E-state index in [1.54, 1.807) is 25.3 Å². The average Bonchev–Trinajstić information content (AvgIpc) is 3.64. The Balaban J connectivity index is 1.44. The summed E-state index contributed by atoms with van der Waals surface area (Å²) in [5.74, 6) is 0.129. The third kappa shape index (κ3) is 5.01. The van der Waals surface area contributed by atoms with Crippen LogP contribution in [0.25, 0.3) is 11.3 Å². The van der Waals surface area contributed by atoms with Gasteiger partial charge < -0.3 is 20.7 Å². The number of ether oxygens (including phenoxy) is 1. The van der Waals surface area contributed by atoms with Gasteiger partial charge in [0.25, 0.3) is 11.8 Å². The van der Waals surface area contributed by atoms with Gasteiger partial charge in [-0.1, -0.05) is 23.2 Å². The van der Waals surface area contributed by atoms with Crippen molar-refractivity contribution in [3.05, 3.63) is 68.3 Å². The smallest absolute Gasteiger partial charge is 0.258 e. The number of carbonyl (C=O) groups excluding carboxylic acids is 1. The van der Waals surface area contributed by atoms with Crippen LogP contribution in [-0.2, 0) is 13.0 Å². The van der Waals surface area contributed by atoms with Gasteiger partial charge in [0, 0.05) is 35.3 Å². The van der Waals surface area contributed by atoms with E-state index in [-0.39, 0.29) is 28.7 Å². The number of amides is 1. The van der Waals surface area contributed by atoms with Crippen LogP contribution in [0.15, 0.2) is 30.5 Å². The number of halogens is 2. The number of nitrogens with one attached hydrogen (secondary N) is 1. The second-order valence-corrected chi connectivity index (χ2v) is 10.5. The van der Waals surface area contributed by atoms with E-state index in [0.717, 1.165) is 37.9 Å². The van der Waals surface area contributed by atoms with Gasteiger partial charge in [0.05, 0.1) is 22.5 Å². The van der Waals surface area contributed by atoms with Crippen LogP contribution in [-0.4, -0.2) is 40.4 Å². The molecule has 1 fully saturated rings. The molecule has 36 heavy (non-hydrogen) atoms. The van der Waals surface area contributed by atoms with Gasteiger partial charge in [-0.25, -0.2) is 9.97 Å². The number of fused-ring (bicyclic) bond motifs is 1. The van der Waals surface area contributed by atoms with Gasteiger partial charge in [-0.15, -0.1) is 0 Å². The van der Waals surface area contributed by atoms with Crippen molar-refractivity contribution in [2.45, 2.75) is 51.8 Å².